The SMILES string of the molecule is Nc1cc(CS(=O)c2cccs2)ccc1Br. The average Bonchev–Trinajstić information content (AvgIpc) is 2.77. The van der Waals surface area contributed by atoms with Gasteiger partial charge in [0.15, 0.2) is 0 Å². The minimum absolute atomic E-state index is 0.512. The fourth-order valence-electron chi connectivity index (χ4n) is 1.30. The first-order valence-corrected chi connectivity index (χ1v) is 7.62. The predicted octanol–water partition coefficient (Wildman–Crippen LogP) is 3.40. The van der Waals surface area contributed by atoms with Crippen LogP contribution in [0.25, 0.3) is 0 Å². The van der Waals surface area contributed by atoms with Crippen LogP contribution in [0.3, 0.4) is 0 Å². The van der Waals surface area contributed by atoms with Gasteiger partial charge in [0.2, 0.25) is 0 Å². The van der Waals surface area contributed by atoms with Crippen molar-refractivity contribution in [3.05, 3.63) is 45.7 Å². The molecule has 5 heteroatoms. The molecule has 84 valence electrons. The van der Waals surface area contributed by atoms with Gasteiger partial charge in [0, 0.05) is 10.2 Å². The van der Waals surface area contributed by atoms with Gasteiger partial charge in [-0.1, -0.05) is 12.1 Å². The summed E-state index contributed by atoms with van der Waals surface area (Å²) in [5, 5.41) is 1.93. The predicted molar refractivity (Wildman–Crippen MR) is 73.0 cm³/mol. The van der Waals surface area contributed by atoms with Crippen LogP contribution in [0.15, 0.2) is 44.4 Å². The first-order chi connectivity index (χ1) is 7.66. The van der Waals surface area contributed by atoms with E-state index in [1.54, 1.807) is 0 Å². The van der Waals surface area contributed by atoms with Crippen LogP contribution in [-0.2, 0) is 16.6 Å². The molecule has 2 N–H and O–H groups in total. The van der Waals surface area contributed by atoms with E-state index >= 15 is 0 Å². The van der Waals surface area contributed by atoms with Crippen molar-refractivity contribution < 1.29 is 4.21 Å². The summed E-state index contributed by atoms with van der Waals surface area (Å²) in [6, 6.07) is 9.48. The summed E-state index contributed by atoms with van der Waals surface area (Å²) < 4.78 is 13.7. The highest BCUT2D eigenvalue weighted by atomic mass is 79.9. The molecule has 0 aliphatic heterocycles. The monoisotopic (exact) mass is 315 g/mol. The minimum Gasteiger partial charge on any atom is -0.398 e. The molecule has 0 saturated carbocycles. The van der Waals surface area contributed by atoms with Crippen molar-refractivity contribution in [1.82, 2.24) is 0 Å². The highest BCUT2D eigenvalue weighted by molar-refractivity contribution is 9.10. The molecule has 0 spiro atoms. The molecule has 1 unspecified atom stereocenters. The number of hydrogen-bond donors (Lipinski definition) is 1. The zero-order valence-electron chi connectivity index (χ0n) is 8.35. The van der Waals surface area contributed by atoms with Crippen LogP contribution in [0.4, 0.5) is 5.69 Å². The van der Waals surface area contributed by atoms with Gasteiger partial charge in [-0.05, 0) is 45.1 Å². The summed E-state index contributed by atoms with van der Waals surface area (Å²) in [6.45, 7) is 0. The first kappa shape index (κ1) is 11.8. The third kappa shape index (κ3) is 2.72. The fraction of sp³-hybridized carbons (Fsp3) is 0.0909. The minimum atomic E-state index is -0.971. The highest BCUT2D eigenvalue weighted by Crippen LogP contribution is 2.23. The first-order valence-electron chi connectivity index (χ1n) is 4.62. The molecule has 1 atom stereocenters. The zero-order valence-corrected chi connectivity index (χ0v) is 11.6. The molecule has 0 saturated heterocycles. The van der Waals surface area contributed by atoms with Crippen molar-refractivity contribution in [3.63, 3.8) is 0 Å². The van der Waals surface area contributed by atoms with Crippen LogP contribution in [-0.4, -0.2) is 4.21 Å². The van der Waals surface area contributed by atoms with Gasteiger partial charge in [-0.25, -0.2) is 0 Å². The van der Waals surface area contributed by atoms with Gasteiger partial charge in [0.05, 0.1) is 20.8 Å². The number of halogens is 1. The standard InChI is InChI=1S/C11H10BrNOS2/c12-9-4-3-8(6-10(9)13)7-16(14)11-2-1-5-15-11/h1-6H,7,13H2. The topological polar surface area (TPSA) is 43.1 Å². The Hall–Kier alpha value is -0.650. The lowest BCUT2D eigenvalue weighted by atomic mass is 10.2. The normalized spacial score (nSPS) is 12.6. The van der Waals surface area contributed by atoms with E-state index in [-0.39, 0.29) is 0 Å². The summed E-state index contributed by atoms with van der Waals surface area (Å²) in [4.78, 5) is 0. The van der Waals surface area contributed by atoms with E-state index in [1.807, 2.05) is 35.7 Å². The molecule has 2 rings (SSSR count). The molecule has 1 aromatic heterocycles. The van der Waals surface area contributed by atoms with Crippen LogP contribution >= 0.6 is 27.3 Å². The molecule has 2 aromatic rings. The van der Waals surface area contributed by atoms with Gasteiger partial charge >= 0.3 is 0 Å². The van der Waals surface area contributed by atoms with E-state index in [9.17, 15) is 4.21 Å². The smallest absolute Gasteiger partial charge is 0.0913 e. The lowest BCUT2D eigenvalue weighted by Crippen LogP contribution is -1.96. The maximum absolute atomic E-state index is 11.9. The number of rotatable bonds is 3. The van der Waals surface area contributed by atoms with E-state index in [0.717, 1.165) is 14.2 Å². The molecule has 1 heterocycles. The Morgan fingerprint density at radius 1 is 1.38 bits per heavy atom. The van der Waals surface area contributed by atoms with Crippen molar-refractivity contribution in [3.8, 4) is 0 Å². The van der Waals surface area contributed by atoms with Gasteiger partial charge in [-0.2, -0.15) is 0 Å². The fourth-order valence-corrected chi connectivity index (χ4v) is 3.62. The molecule has 1 aromatic carbocycles. The van der Waals surface area contributed by atoms with Crippen molar-refractivity contribution in [2.75, 3.05) is 5.73 Å². The molecular weight excluding hydrogens is 306 g/mol. The second kappa shape index (κ2) is 5.12. The summed E-state index contributed by atoms with van der Waals surface area (Å²) in [6.07, 6.45) is 0. The number of benzene rings is 1. The van der Waals surface area contributed by atoms with E-state index in [1.165, 1.54) is 11.3 Å². The second-order valence-electron chi connectivity index (χ2n) is 3.28. The summed E-state index contributed by atoms with van der Waals surface area (Å²) in [5.41, 5.74) is 7.45. The van der Waals surface area contributed by atoms with E-state index in [2.05, 4.69) is 15.9 Å². The molecule has 0 amide bonds. The van der Waals surface area contributed by atoms with Gasteiger partial charge in [0.25, 0.3) is 0 Å². The molecule has 16 heavy (non-hydrogen) atoms. The van der Waals surface area contributed by atoms with Crippen LogP contribution in [0.1, 0.15) is 5.56 Å². The Morgan fingerprint density at radius 2 is 2.19 bits per heavy atom. The molecule has 2 nitrogen and oxygen atoms in total. The van der Waals surface area contributed by atoms with Gasteiger partial charge in [-0.15, -0.1) is 11.3 Å². The number of anilines is 1. The van der Waals surface area contributed by atoms with E-state index in [4.69, 9.17) is 5.73 Å². The summed E-state index contributed by atoms with van der Waals surface area (Å²) in [5.74, 6) is 0.512. The van der Waals surface area contributed by atoms with Crippen LogP contribution in [0.5, 0.6) is 0 Å². The third-order valence-corrected chi connectivity index (χ3v) is 5.49. The number of nitrogen functional groups attached to an aromatic ring is 1. The molecule has 0 aliphatic carbocycles. The Labute approximate surface area is 109 Å². The molecule has 0 radical (unpaired) electrons. The number of nitrogens with two attached hydrogens (primary N) is 1. The Morgan fingerprint density at radius 3 is 2.81 bits per heavy atom. The molecule has 0 bridgehead atoms. The van der Waals surface area contributed by atoms with Gasteiger partial charge in [0.1, 0.15) is 0 Å². The average molecular weight is 316 g/mol. The van der Waals surface area contributed by atoms with E-state index < -0.39 is 10.8 Å². The highest BCUT2D eigenvalue weighted by Gasteiger charge is 2.07. The van der Waals surface area contributed by atoms with Gasteiger partial charge < -0.3 is 5.73 Å². The van der Waals surface area contributed by atoms with E-state index in [0.29, 0.717) is 11.4 Å². The summed E-state index contributed by atoms with van der Waals surface area (Å²) in [7, 11) is -0.971. The maximum Gasteiger partial charge on any atom is 0.0913 e. The van der Waals surface area contributed by atoms with Crippen molar-refractivity contribution >= 4 is 43.8 Å². The lowest BCUT2D eigenvalue weighted by molar-refractivity contribution is 0.684. The second-order valence-corrected chi connectivity index (χ2v) is 6.76. The quantitative estimate of drug-likeness (QED) is 0.882. The van der Waals surface area contributed by atoms with Crippen LogP contribution < -0.4 is 5.73 Å². The number of thiophene rings is 1. The largest absolute Gasteiger partial charge is 0.398 e. The Balaban J connectivity index is 2.15. The Kier molecular flexibility index (Phi) is 3.78. The third-order valence-electron chi connectivity index (χ3n) is 2.08. The Bertz CT molecular complexity index is 511. The van der Waals surface area contributed by atoms with Crippen LogP contribution in [0, 0.1) is 0 Å². The van der Waals surface area contributed by atoms with Crippen molar-refractivity contribution in [1.29, 1.82) is 0 Å². The van der Waals surface area contributed by atoms with Gasteiger partial charge in [-0.3, -0.25) is 4.21 Å². The number of hydrogen-bond acceptors (Lipinski definition) is 3. The summed E-state index contributed by atoms with van der Waals surface area (Å²) >= 11 is 4.85. The zero-order chi connectivity index (χ0) is 11.5. The lowest BCUT2D eigenvalue weighted by Gasteiger charge is -2.03. The van der Waals surface area contributed by atoms with Crippen molar-refractivity contribution in [2.24, 2.45) is 0 Å². The van der Waals surface area contributed by atoms with Crippen LogP contribution in [0.2, 0.25) is 0 Å². The molecule has 0 aliphatic rings. The van der Waals surface area contributed by atoms with Crippen molar-refractivity contribution in [2.45, 2.75) is 9.96 Å². The maximum atomic E-state index is 11.9. The molecular formula is C11H10BrNOS2. The molecule has 0 fully saturated rings.